The van der Waals surface area contributed by atoms with Gasteiger partial charge in [-0.1, -0.05) is 0 Å². The molecule has 3 N–H and O–H groups in total. The summed E-state index contributed by atoms with van der Waals surface area (Å²) < 4.78 is 0. The molecular weight excluding hydrogens is 304 g/mol. The minimum absolute atomic E-state index is 0.297. The maximum Gasteiger partial charge on any atom is 0.252 e. The van der Waals surface area contributed by atoms with Gasteiger partial charge in [-0.25, -0.2) is 9.97 Å². The minimum Gasteiger partial charge on any atom is -0.381 e. The molecular formula is C17H22N6O. The average Bonchev–Trinajstić information content (AvgIpc) is 2.55. The van der Waals surface area contributed by atoms with Crippen LogP contribution in [-0.4, -0.2) is 40.0 Å². The highest BCUT2D eigenvalue weighted by Crippen LogP contribution is 2.22. The molecule has 3 rings (SSSR count). The predicted octanol–water partition coefficient (Wildman–Crippen LogP) is 1.67. The second-order valence-electron chi connectivity index (χ2n) is 6.11. The molecule has 3 heterocycles. The van der Waals surface area contributed by atoms with Crippen LogP contribution in [0.4, 0.5) is 11.5 Å². The summed E-state index contributed by atoms with van der Waals surface area (Å²) in [6.45, 7) is 5.72. The van der Waals surface area contributed by atoms with Crippen molar-refractivity contribution in [2.45, 2.75) is 32.7 Å². The summed E-state index contributed by atoms with van der Waals surface area (Å²) in [4.78, 5) is 26.6. The van der Waals surface area contributed by atoms with Crippen LogP contribution < -0.4 is 16.0 Å². The number of carbonyl (C=O) groups excluding carboxylic acids is 1. The fraction of sp³-hybridized carbons (Fsp3) is 0.412. The second kappa shape index (κ2) is 6.82. The third kappa shape index (κ3) is 3.61. The van der Waals surface area contributed by atoms with Crippen LogP contribution in [0.2, 0.25) is 0 Å². The lowest BCUT2D eigenvalue weighted by Crippen LogP contribution is -2.40. The molecule has 1 aliphatic rings. The number of rotatable bonds is 4. The van der Waals surface area contributed by atoms with Gasteiger partial charge in [0.25, 0.3) is 5.91 Å². The second-order valence-corrected chi connectivity index (χ2v) is 6.11. The van der Waals surface area contributed by atoms with Gasteiger partial charge in [0.15, 0.2) is 0 Å². The van der Waals surface area contributed by atoms with E-state index >= 15 is 0 Å². The van der Waals surface area contributed by atoms with E-state index in [2.05, 4.69) is 25.2 Å². The van der Waals surface area contributed by atoms with Crippen LogP contribution in [0.3, 0.4) is 0 Å². The van der Waals surface area contributed by atoms with Crippen LogP contribution >= 0.6 is 0 Å². The van der Waals surface area contributed by atoms with E-state index in [1.54, 1.807) is 12.3 Å². The quantitative estimate of drug-likeness (QED) is 0.887. The summed E-state index contributed by atoms with van der Waals surface area (Å²) in [7, 11) is 0. The predicted molar refractivity (Wildman–Crippen MR) is 93.1 cm³/mol. The SMILES string of the molecule is Cc1cc(N2CCC(Nc3ccncc3C(N)=O)CC2)nc(C)n1. The van der Waals surface area contributed by atoms with Crippen LogP contribution in [0, 0.1) is 13.8 Å². The highest BCUT2D eigenvalue weighted by atomic mass is 16.1. The standard InChI is InChI=1S/C17H22N6O/c1-11-9-16(21-12(2)20-11)23-7-4-13(5-8-23)22-15-3-6-19-10-14(15)17(18)24/h3,6,9-10,13H,4-5,7-8H2,1-2H3,(H2,18,24)(H,19,22). The van der Waals surface area contributed by atoms with E-state index in [0.717, 1.165) is 49.0 Å². The van der Waals surface area contributed by atoms with Gasteiger partial charge in [-0.2, -0.15) is 0 Å². The van der Waals surface area contributed by atoms with Crippen LogP contribution in [0.15, 0.2) is 24.5 Å². The van der Waals surface area contributed by atoms with Gasteiger partial charge in [0.05, 0.1) is 11.3 Å². The maximum absolute atomic E-state index is 11.5. The van der Waals surface area contributed by atoms with Gasteiger partial charge in [-0.3, -0.25) is 9.78 Å². The van der Waals surface area contributed by atoms with Crippen molar-refractivity contribution in [3.05, 3.63) is 41.6 Å². The number of hydrogen-bond donors (Lipinski definition) is 2. The fourth-order valence-corrected chi connectivity index (χ4v) is 3.05. The number of hydrogen-bond acceptors (Lipinski definition) is 6. The third-order valence-electron chi connectivity index (χ3n) is 4.22. The molecule has 7 nitrogen and oxygen atoms in total. The van der Waals surface area contributed by atoms with Crippen molar-refractivity contribution in [3.63, 3.8) is 0 Å². The van der Waals surface area contributed by atoms with E-state index < -0.39 is 5.91 Å². The molecule has 0 radical (unpaired) electrons. The molecule has 2 aromatic heterocycles. The minimum atomic E-state index is -0.463. The Morgan fingerprint density at radius 1 is 1.29 bits per heavy atom. The zero-order chi connectivity index (χ0) is 17.1. The third-order valence-corrected chi connectivity index (χ3v) is 4.22. The lowest BCUT2D eigenvalue weighted by Gasteiger charge is -2.34. The number of nitrogens with one attached hydrogen (secondary N) is 1. The Bertz CT molecular complexity index is 719. The van der Waals surface area contributed by atoms with Gasteiger partial charge in [-0.05, 0) is 32.8 Å². The van der Waals surface area contributed by atoms with Crippen molar-refractivity contribution < 1.29 is 4.79 Å². The highest BCUT2D eigenvalue weighted by Gasteiger charge is 2.21. The lowest BCUT2D eigenvalue weighted by atomic mass is 10.0. The summed E-state index contributed by atoms with van der Waals surface area (Å²) in [5.41, 5.74) is 7.58. The number of primary amides is 1. The van der Waals surface area contributed by atoms with E-state index in [9.17, 15) is 4.79 Å². The van der Waals surface area contributed by atoms with E-state index in [0.29, 0.717) is 11.6 Å². The van der Waals surface area contributed by atoms with Crippen molar-refractivity contribution in [1.82, 2.24) is 15.0 Å². The number of piperidine rings is 1. The van der Waals surface area contributed by atoms with Crippen LogP contribution in [0.25, 0.3) is 0 Å². The summed E-state index contributed by atoms with van der Waals surface area (Å²) >= 11 is 0. The molecule has 0 atom stereocenters. The van der Waals surface area contributed by atoms with Crippen molar-refractivity contribution >= 4 is 17.4 Å². The summed E-state index contributed by atoms with van der Waals surface area (Å²) in [6.07, 6.45) is 5.09. The molecule has 0 aliphatic carbocycles. The van der Waals surface area contributed by atoms with Gasteiger partial charge in [0.2, 0.25) is 0 Å². The maximum atomic E-state index is 11.5. The van der Waals surface area contributed by atoms with Gasteiger partial charge in [0, 0.05) is 43.3 Å². The van der Waals surface area contributed by atoms with E-state index in [4.69, 9.17) is 5.73 Å². The van der Waals surface area contributed by atoms with E-state index in [1.165, 1.54) is 6.20 Å². The van der Waals surface area contributed by atoms with Crippen molar-refractivity contribution in [3.8, 4) is 0 Å². The number of pyridine rings is 1. The summed E-state index contributed by atoms with van der Waals surface area (Å²) in [5.74, 6) is 1.32. The number of anilines is 2. The number of aromatic nitrogens is 3. The molecule has 0 saturated carbocycles. The van der Waals surface area contributed by atoms with Crippen LogP contribution in [-0.2, 0) is 0 Å². The highest BCUT2D eigenvalue weighted by molar-refractivity contribution is 5.98. The monoisotopic (exact) mass is 326 g/mol. The Morgan fingerprint density at radius 2 is 2.04 bits per heavy atom. The molecule has 24 heavy (non-hydrogen) atoms. The molecule has 1 amide bonds. The first-order valence-electron chi connectivity index (χ1n) is 8.10. The van der Waals surface area contributed by atoms with Crippen LogP contribution in [0.1, 0.15) is 34.7 Å². The Labute approximate surface area is 141 Å². The first kappa shape index (κ1) is 16.2. The molecule has 0 bridgehead atoms. The van der Waals surface area contributed by atoms with Crippen molar-refractivity contribution in [2.24, 2.45) is 5.73 Å². The Kier molecular flexibility index (Phi) is 4.59. The first-order valence-corrected chi connectivity index (χ1v) is 8.10. The van der Waals surface area contributed by atoms with Crippen molar-refractivity contribution in [1.29, 1.82) is 0 Å². The summed E-state index contributed by atoms with van der Waals surface area (Å²) in [6, 6.07) is 4.11. The summed E-state index contributed by atoms with van der Waals surface area (Å²) in [5, 5.41) is 3.43. The van der Waals surface area contributed by atoms with Gasteiger partial charge in [-0.15, -0.1) is 0 Å². The van der Waals surface area contributed by atoms with Gasteiger partial charge < -0.3 is 16.0 Å². The normalized spacial score (nSPS) is 15.3. The number of nitrogens with two attached hydrogens (primary N) is 1. The molecule has 1 fully saturated rings. The smallest absolute Gasteiger partial charge is 0.252 e. The lowest BCUT2D eigenvalue weighted by molar-refractivity contribution is 0.100. The Morgan fingerprint density at radius 3 is 2.71 bits per heavy atom. The number of aryl methyl sites for hydroxylation is 2. The zero-order valence-corrected chi connectivity index (χ0v) is 14.0. The van der Waals surface area contributed by atoms with Gasteiger partial charge in [0.1, 0.15) is 11.6 Å². The number of nitrogens with zero attached hydrogens (tertiary/aromatic N) is 4. The fourth-order valence-electron chi connectivity index (χ4n) is 3.05. The molecule has 7 heteroatoms. The van der Waals surface area contributed by atoms with Gasteiger partial charge >= 0.3 is 0 Å². The first-order chi connectivity index (χ1) is 11.5. The van der Waals surface area contributed by atoms with Crippen LogP contribution in [0.5, 0.6) is 0 Å². The number of carbonyl (C=O) groups is 1. The molecule has 0 unspecified atom stereocenters. The molecule has 0 spiro atoms. The average molecular weight is 326 g/mol. The zero-order valence-electron chi connectivity index (χ0n) is 14.0. The van der Waals surface area contributed by atoms with Crippen molar-refractivity contribution in [2.75, 3.05) is 23.3 Å². The largest absolute Gasteiger partial charge is 0.381 e. The number of amides is 1. The molecule has 1 saturated heterocycles. The topological polar surface area (TPSA) is 97.0 Å². The van der Waals surface area contributed by atoms with E-state index in [-0.39, 0.29) is 0 Å². The van der Waals surface area contributed by atoms with E-state index in [1.807, 2.05) is 19.9 Å². The Balaban J connectivity index is 1.64. The molecule has 1 aliphatic heterocycles. The molecule has 2 aromatic rings. The Hall–Kier alpha value is -2.70. The molecule has 0 aromatic carbocycles. The molecule has 126 valence electrons.